The second-order valence-electron chi connectivity index (χ2n) is 5.21. The summed E-state index contributed by atoms with van der Waals surface area (Å²) in [5.74, 6) is 3.74. The SMILES string of the molecule is ClCc1ccc(Oc2ccccc2Oc2ccc(CCl)cc2)cc1. The molecule has 0 aromatic heterocycles. The van der Waals surface area contributed by atoms with Gasteiger partial charge in [0.25, 0.3) is 0 Å². The van der Waals surface area contributed by atoms with Crippen LogP contribution in [-0.2, 0) is 11.8 Å². The normalized spacial score (nSPS) is 10.4. The van der Waals surface area contributed by atoms with Gasteiger partial charge in [0, 0.05) is 11.8 Å². The molecule has 0 fully saturated rings. The fraction of sp³-hybridized carbons (Fsp3) is 0.100. The van der Waals surface area contributed by atoms with Gasteiger partial charge in [-0.2, -0.15) is 0 Å². The summed E-state index contributed by atoms with van der Waals surface area (Å²) in [7, 11) is 0. The number of halogens is 2. The monoisotopic (exact) mass is 358 g/mol. The van der Waals surface area contributed by atoms with Crippen molar-refractivity contribution in [2.45, 2.75) is 11.8 Å². The van der Waals surface area contributed by atoms with Gasteiger partial charge >= 0.3 is 0 Å². The topological polar surface area (TPSA) is 18.5 Å². The third-order valence-corrected chi connectivity index (χ3v) is 4.08. The van der Waals surface area contributed by atoms with Crippen LogP contribution in [0, 0.1) is 0 Å². The van der Waals surface area contributed by atoms with Crippen LogP contribution in [0.15, 0.2) is 72.8 Å². The predicted molar refractivity (Wildman–Crippen MR) is 98.6 cm³/mol. The van der Waals surface area contributed by atoms with Crippen LogP contribution in [-0.4, -0.2) is 0 Å². The first-order valence-electron chi connectivity index (χ1n) is 7.53. The second kappa shape index (κ2) is 8.09. The number of ether oxygens (including phenoxy) is 2. The van der Waals surface area contributed by atoms with Gasteiger partial charge in [0.05, 0.1) is 0 Å². The molecular formula is C20H16Cl2O2. The van der Waals surface area contributed by atoms with E-state index >= 15 is 0 Å². The van der Waals surface area contributed by atoms with E-state index in [1.54, 1.807) is 0 Å². The minimum absolute atomic E-state index is 0.484. The highest BCUT2D eigenvalue weighted by atomic mass is 35.5. The van der Waals surface area contributed by atoms with E-state index in [-0.39, 0.29) is 0 Å². The van der Waals surface area contributed by atoms with Gasteiger partial charge in [-0.3, -0.25) is 0 Å². The number of hydrogen-bond acceptors (Lipinski definition) is 2. The van der Waals surface area contributed by atoms with Crippen LogP contribution in [0.4, 0.5) is 0 Å². The number of para-hydroxylation sites is 2. The minimum Gasteiger partial charge on any atom is -0.453 e. The first-order chi connectivity index (χ1) is 11.8. The van der Waals surface area contributed by atoms with Crippen LogP contribution < -0.4 is 9.47 Å². The van der Waals surface area contributed by atoms with Gasteiger partial charge in [-0.05, 0) is 47.5 Å². The molecule has 0 N–H and O–H groups in total. The Balaban J connectivity index is 1.78. The van der Waals surface area contributed by atoms with E-state index in [1.165, 1.54) is 0 Å². The summed E-state index contributed by atoms with van der Waals surface area (Å²) in [6.07, 6.45) is 0. The molecule has 0 aliphatic rings. The molecule has 0 amide bonds. The Morgan fingerprint density at radius 1 is 0.542 bits per heavy atom. The number of benzene rings is 3. The van der Waals surface area contributed by atoms with E-state index in [1.807, 2.05) is 72.8 Å². The van der Waals surface area contributed by atoms with Crippen LogP contribution in [0.25, 0.3) is 0 Å². The average molecular weight is 359 g/mol. The lowest BCUT2D eigenvalue weighted by Crippen LogP contribution is -1.91. The van der Waals surface area contributed by atoms with Crippen molar-refractivity contribution in [3.63, 3.8) is 0 Å². The van der Waals surface area contributed by atoms with Gasteiger partial charge in [-0.25, -0.2) is 0 Å². The summed E-state index contributed by atoms with van der Waals surface area (Å²) in [6.45, 7) is 0. The molecule has 0 atom stereocenters. The van der Waals surface area contributed by atoms with Gasteiger partial charge in [-0.15, -0.1) is 23.2 Å². The van der Waals surface area contributed by atoms with Crippen LogP contribution in [0.5, 0.6) is 23.0 Å². The van der Waals surface area contributed by atoms with Crippen molar-refractivity contribution in [1.29, 1.82) is 0 Å². The maximum Gasteiger partial charge on any atom is 0.169 e. The Labute approximate surface area is 151 Å². The molecule has 0 spiro atoms. The summed E-state index contributed by atoms with van der Waals surface area (Å²) >= 11 is 11.6. The van der Waals surface area contributed by atoms with Crippen LogP contribution in [0.3, 0.4) is 0 Å². The van der Waals surface area contributed by atoms with E-state index in [9.17, 15) is 0 Å². The van der Waals surface area contributed by atoms with E-state index in [0.29, 0.717) is 23.3 Å². The van der Waals surface area contributed by atoms with Crippen molar-refractivity contribution in [2.24, 2.45) is 0 Å². The Morgan fingerprint density at radius 2 is 0.917 bits per heavy atom. The first-order valence-corrected chi connectivity index (χ1v) is 8.60. The summed E-state index contributed by atoms with van der Waals surface area (Å²) in [5.41, 5.74) is 2.10. The summed E-state index contributed by atoms with van der Waals surface area (Å²) < 4.78 is 11.9. The van der Waals surface area contributed by atoms with Gasteiger partial charge in [-0.1, -0.05) is 36.4 Å². The highest BCUT2D eigenvalue weighted by molar-refractivity contribution is 6.17. The van der Waals surface area contributed by atoms with E-state index < -0.39 is 0 Å². The van der Waals surface area contributed by atoms with E-state index in [0.717, 1.165) is 22.6 Å². The molecule has 4 heteroatoms. The van der Waals surface area contributed by atoms with Crippen molar-refractivity contribution in [3.8, 4) is 23.0 Å². The quantitative estimate of drug-likeness (QED) is 0.453. The fourth-order valence-electron chi connectivity index (χ4n) is 2.17. The van der Waals surface area contributed by atoms with Crippen LogP contribution >= 0.6 is 23.2 Å². The maximum absolute atomic E-state index is 5.94. The molecule has 0 unspecified atom stereocenters. The molecular weight excluding hydrogens is 343 g/mol. The zero-order chi connectivity index (χ0) is 16.8. The fourth-order valence-corrected chi connectivity index (χ4v) is 2.52. The second-order valence-corrected chi connectivity index (χ2v) is 5.74. The molecule has 0 aliphatic carbocycles. The predicted octanol–water partition coefficient (Wildman–Crippen LogP) is 6.75. The van der Waals surface area contributed by atoms with E-state index in [4.69, 9.17) is 32.7 Å². The maximum atomic E-state index is 5.94. The Hall–Kier alpha value is -2.16. The van der Waals surface area contributed by atoms with Gasteiger partial charge in [0.15, 0.2) is 11.5 Å². The minimum atomic E-state index is 0.484. The van der Waals surface area contributed by atoms with Gasteiger partial charge in [0.2, 0.25) is 0 Å². The first kappa shape index (κ1) is 16.7. The standard InChI is InChI=1S/C20H16Cl2O2/c21-13-15-5-9-17(10-6-15)23-19-3-1-2-4-20(19)24-18-11-7-16(14-22)8-12-18/h1-12H,13-14H2. The number of rotatable bonds is 6. The van der Waals surface area contributed by atoms with Crippen molar-refractivity contribution in [2.75, 3.05) is 0 Å². The molecule has 0 aliphatic heterocycles. The van der Waals surface area contributed by atoms with E-state index in [2.05, 4.69) is 0 Å². The molecule has 0 saturated heterocycles. The number of alkyl halides is 2. The summed E-state index contributed by atoms with van der Waals surface area (Å²) in [4.78, 5) is 0. The zero-order valence-electron chi connectivity index (χ0n) is 12.9. The Bertz CT molecular complexity index is 715. The lowest BCUT2D eigenvalue weighted by molar-refractivity contribution is 0.418. The largest absolute Gasteiger partial charge is 0.453 e. The molecule has 3 aromatic rings. The molecule has 3 aromatic carbocycles. The summed E-state index contributed by atoms with van der Waals surface area (Å²) in [5, 5.41) is 0. The molecule has 122 valence electrons. The van der Waals surface area contributed by atoms with Crippen LogP contribution in [0.1, 0.15) is 11.1 Å². The van der Waals surface area contributed by atoms with Crippen LogP contribution in [0.2, 0.25) is 0 Å². The van der Waals surface area contributed by atoms with Gasteiger partial charge < -0.3 is 9.47 Å². The number of hydrogen-bond donors (Lipinski definition) is 0. The third kappa shape index (κ3) is 4.22. The van der Waals surface area contributed by atoms with Crippen molar-refractivity contribution in [1.82, 2.24) is 0 Å². The third-order valence-electron chi connectivity index (χ3n) is 3.46. The van der Waals surface area contributed by atoms with Gasteiger partial charge in [0.1, 0.15) is 11.5 Å². The summed E-state index contributed by atoms with van der Waals surface area (Å²) in [6, 6.07) is 22.9. The van der Waals surface area contributed by atoms with Crippen molar-refractivity contribution < 1.29 is 9.47 Å². The lowest BCUT2D eigenvalue weighted by atomic mass is 10.2. The molecule has 0 bridgehead atoms. The molecule has 0 heterocycles. The van der Waals surface area contributed by atoms with Crippen molar-refractivity contribution >= 4 is 23.2 Å². The molecule has 2 nitrogen and oxygen atoms in total. The zero-order valence-corrected chi connectivity index (χ0v) is 14.4. The Kier molecular flexibility index (Phi) is 5.63. The highest BCUT2D eigenvalue weighted by Gasteiger charge is 2.07. The Morgan fingerprint density at radius 3 is 1.25 bits per heavy atom. The molecule has 3 rings (SSSR count). The average Bonchev–Trinajstić information content (AvgIpc) is 2.64. The molecule has 24 heavy (non-hydrogen) atoms. The smallest absolute Gasteiger partial charge is 0.169 e. The van der Waals surface area contributed by atoms with Crippen molar-refractivity contribution in [3.05, 3.63) is 83.9 Å². The highest BCUT2D eigenvalue weighted by Crippen LogP contribution is 2.34. The molecule has 0 radical (unpaired) electrons. The lowest BCUT2D eigenvalue weighted by Gasteiger charge is -2.12. The molecule has 0 saturated carbocycles.